The molecule has 0 radical (unpaired) electrons. The molecule has 5 nitrogen and oxygen atoms in total. The van der Waals surface area contributed by atoms with Gasteiger partial charge in [0.1, 0.15) is 23.9 Å². The Kier molecular flexibility index (Phi) is 5.63. The molecule has 30 heavy (non-hydrogen) atoms. The predicted octanol–water partition coefficient (Wildman–Crippen LogP) is 5.21. The maximum atomic E-state index is 12.8. The van der Waals surface area contributed by atoms with E-state index >= 15 is 0 Å². The Labute approximate surface area is 172 Å². The molecule has 0 aliphatic heterocycles. The largest absolute Gasteiger partial charge is 0.508 e. The second-order valence-corrected chi connectivity index (χ2v) is 6.78. The molecule has 0 aliphatic rings. The first kappa shape index (κ1) is 19.8. The van der Waals surface area contributed by atoms with Gasteiger partial charge in [-0.15, -0.1) is 0 Å². The van der Waals surface area contributed by atoms with Crippen molar-refractivity contribution < 1.29 is 23.4 Å². The summed E-state index contributed by atoms with van der Waals surface area (Å²) in [4.78, 5) is 4.65. The van der Waals surface area contributed by atoms with E-state index in [9.17, 15) is 13.9 Å². The smallest absolute Gasteiger partial charge is 0.387 e. The summed E-state index contributed by atoms with van der Waals surface area (Å²) in [5, 5.41) is 9.54. The number of para-hydroxylation sites is 1. The summed E-state index contributed by atoms with van der Waals surface area (Å²) in [6.45, 7) is -2.32. The highest BCUT2D eigenvalue weighted by Crippen LogP contribution is 2.29. The van der Waals surface area contributed by atoms with Crippen molar-refractivity contribution >= 4 is 11.0 Å². The van der Waals surface area contributed by atoms with Gasteiger partial charge in [0.05, 0.1) is 17.6 Å². The predicted molar refractivity (Wildman–Crippen MR) is 110 cm³/mol. The number of alkyl halides is 2. The Hall–Kier alpha value is -3.45. The monoisotopic (exact) mass is 410 g/mol. The minimum Gasteiger partial charge on any atom is -0.508 e. The minimum atomic E-state index is -2.90. The lowest BCUT2D eigenvalue weighted by molar-refractivity contribution is -0.0504. The lowest BCUT2D eigenvalue weighted by atomic mass is 10.0. The molecular weight excluding hydrogens is 390 g/mol. The zero-order valence-electron chi connectivity index (χ0n) is 16.3. The van der Waals surface area contributed by atoms with Crippen molar-refractivity contribution in [2.75, 3.05) is 7.11 Å². The van der Waals surface area contributed by atoms with Gasteiger partial charge in [-0.3, -0.25) is 0 Å². The number of hydrogen-bond donors (Lipinski definition) is 1. The highest BCUT2D eigenvalue weighted by Gasteiger charge is 2.15. The van der Waals surface area contributed by atoms with Gasteiger partial charge in [0.15, 0.2) is 0 Å². The molecule has 1 heterocycles. The Morgan fingerprint density at radius 2 is 1.73 bits per heavy atom. The van der Waals surface area contributed by atoms with Gasteiger partial charge in [-0.2, -0.15) is 8.78 Å². The maximum Gasteiger partial charge on any atom is 0.387 e. The SMILES string of the molecule is COCc1nc2ccc(-c3ccc(O)cc3)cc2n1Cc1ccccc1OC(F)F. The highest BCUT2D eigenvalue weighted by atomic mass is 19.3. The molecule has 0 saturated heterocycles. The van der Waals surface area contributed by atoms with Crippen molar-refractivity contribution in [2.24, 2.45) is 0 Å². The molecule has 0 fully saturated rings. The van der Waals surface area contributed by atoms with Gasteiger partial charge in [-0.25, -0.2) is 4.98 Å². The second kappa shape index (κ2) is 8.51. The van der Waals surface area contributed by atoms with Crippen LogP contribution in [0.3, 0.4) is 0 Å². The summed E-state index contributed by atoms with van der Waals surface area (Å²) in [5.41, 5.74) is 4.13. The molecule has 1 aromatic heterocycles. The van der Waals surface area contributed by atoms with E-state index in [0.29, 0.717) is 17.9 Å². The van der Waals surface area contributed by atoms with Crippen LogP contribution in [0.15, 0.2) is 66.7 Å². The lowest BCUT2D eigenvalue weighted by Gasteiger charge is -2.14. The fourth-order valence-electron chi connectivity index (χ4n) is 3.44. The van der Waals surface area contributed by atoms with E-state index in [-0.39, 0.29) is 18.1 Å². The molecule has 0 saturated carbocycles. The summed E-state index contributed by atoms with van der Waals surface area (Å²) in [6.07, 6.45) is 0. The van der Waals surface area contributed by atoms with Crippen LogP contribution < -0.4 is 4.74 Å². The summed E-state index contributed by atoms with van der Waals surface area (Å²) in [7, 11) is 1.58. The molecule has 0 unspecified atom stereocenters. The topological polar surface area (TPSA) is 56.5 Å². The summed E-state index contributed by atoms with van der Waals surface area (Å²) < 4.78 is 37.6. The van der Waals surface area contributed by atoms with Gasteiger partial charge in [0.2, 0.25) is 0 Å². The Balaban J connectivity index is 1.80. The molecule has 7 heteroatoms. The van der Waals surface area contributed by atoms with E-state index in [1.807, 2.05) is 34.9 Å². The quantitative estimate of drug-likeness (QED) is 0.455. The molecule has 0 aliphatic carbocycles. The van der Waals surface area contributed by atoms with Crippen LogP contribution in [0.25, 0.3) is 22.2 Å². The number of nitrogens with zero attached hydrogens (tertiary/aromatic N) is 2. The number of methoxy groups -OCH3 is 1. The third-order valence-corrected chi connectivity index (χ3v) is 4.82. The van der Waals surface area contributed by atoms with Crippen molar-refractivity contribution in [1.29, 1.82) is 0 Å². The van der Waals surface area contributed by atoms with Gasteiger partial charge in [0.25, 0.3) is 0 Å². The molecule has 0 amide bonds. The second-order valence-electron chi connectivity index (χ2n) is 6.78. The van der Waals surface area contributed by atoms with Gasteiger partial charge in [0, 0.05) is 12.7 Å². The fourth-order valence-corrected chi connectivity index (χ4v) is 3.44. The third-order valence-electron chi connectivity index (χ3n) is 4.82. The molecule has 1 N–H and O–H groups in total. The van der Waals surface area contributed by atoms with Crippen LogP contribution >= 0.6 is 0 Å². The van der Waals surface area contributed by atoms with Crippen LogP contribution in [0.2, 0.25) is 0 Å². The Bertz CT molecular complexity index is 1160. The van der Waals surface area contributed by atoms with Gasteiger partial charge in [-0.1, -0.05) is 36.4 Å². The first-order valence-corrected chi connectivity index (χ1v) is 9.35. The molecule has 0 atom stereocenters. The van der Waals surface area contributed by atoms with Crippen LogP contribution in [0.5, 0.6) is 11.5 Å². The summed E-state index contributed by atoms with van der Waals surface area (Å²) in [6, 6.07) is 19.5. The molecule has 4 rings (SSSR count). The number of phenolic OH excluding ortho intramolecular Hbond substituents is 1. The van der Waals surface area contributed by atoms with Gasteiger partial charge < -0.3 is 19.1 Å². The standard InChI is InChI=1S/C23H20F2N2O3/c1-29-14-22-26-19-11-8-16(15-6-9-18(28)10-7-15)12-20(19)27(22)13-17-4-2-3-5-21(17)30-23(24)25/h2-12,23,28H,13-14H2,1H3. The summed E-state index contributed by atoms with van der Waals surface area (Å²) in [5.74, 6) is 1.01. The number of benzene rings is 3. The maximum absolute atomic E-state index is 12.8. The van der Waals surface area contributed by atoms with Crippen LogP contribution in [0, 0.1) is 0 Å². The van der Waals surface area contributed by atoms with Gasteiger partial charge in [-0.05, 0) is 41.5 Å². The van der Waals surface area contributed by atoms with E-state index in [0.717, 1.165) is 22.2 Å². The van der Waals surface area contributed by atoms with Crippen LogP contribution in [0.4, 0.5) is 8.78 Å². The fraction of sp³-hybridized carbons (Fsp3) is 0.174. The molecule has 0 spiro atoms. The van der Waals surface area contributed by atoms with E-state index in [2.05, 4.69) is 9.72 Å². The van der Waals surface area contributed by atoms with E-state index in [1.54, 1.807) is 37.4 Å². The average Bonchev–Trinajstić information content (AvgIpc) is 3.06. The number of phenols is 1. The van der Waals surface area contributed by atoms with Crippen molar-refractivity contribution in [3.63, 3.8) is 0 Å². The van der Waals surface area contributed by atoms with Crippen molar-refractivity contribution in [2.45, 2.75) is 19.8 Å². The zero-order valence-corrected chi connectivity index (χ0v) is 16.3. The molecule has 3 aromatic carbocycles. The normalized spacial score (nSPS) is 11.3. The Morgan fingerprint density at radius 3 is 2.47 bits per heavy atom. The van der Waals surface area contributed by atoms with Crippen LogP contribution in [-0.2, 0) is 17.9 Å². The number of aromatic nitrogens is 2. The number of hydrogen-bond acceptors (Lipinski definition) is 4. The number of aromatic hydroxyl groups is 1. The highest BCUT2D eigenvalue weighted by molar-refractivity contribution is 5.83. The van der Waals surface area contributed by atoms with E-state index < -0.39 is 6.61 Å². The molecule has 154 valence electrons. The number of halogens is 2. The van der Waals surface area contributed by atoms with E-state index in [4.69, 9.17) is 4.74 Å². The van der Waals surface area contributed by atoms with Crippen molar-refractivity contribution in [1.82, 2.24) is 9.55 Å². The van der Waals surface area contributed by atoms with Gasteiger partial charge >= 0.3 is 6.61 Å². The van der Waals surface area contributed by atoms with Crippen LogP contribution in [-0.4, -0.2) is 28.4 Å². The number of fused-ring (bicyclic) bond motifs is 1. The number of imidazole rings is 1. The number of rotatable bonds is 7. The molecule has 4 aromatic rings. The molecule has 0 bridgehead atoms. The van der Waals surface area contributed by atoms with Crippen LogP contribution in [0.1, 0.15) is 11.4 Å². The number of ether oxygens (including phenoxy) is 2. The summed E-state index contributed by atoms with van der Waals surface area (Å²) >= 11 is 0. The zero-order chi connectivity index (χ0) is 21.1. The third kappa shape index (κ3) is 4.11. The molecular formula is C23H20F2N2O3. The Morgan fingerprint density at radius 1 is 1.00 bits per heavy atom. The van der Waals surface area contributed by atoms with Crippen molar-refractivity contribution in [3.8, 4) is 22.6 Å². The lowest BCUT2D eigenvalue weighted by Crippen LogP contribution is -2.09. The minimum absolute atomic E-state index is 0.132. The average molecular weight is 410 g/mol. The van der Waals surface area contributed by atoms with Crippen molar-refractivity contribution in [3.05, 3.63) is 78.1 Å². The first-order chi connectivity index (χ1) is 14.5. The van der Waals surface area contributed by atoms with E-state index in [1.165, 1.54) is 6.07 Å². The first-order valence-electron chi connectivity index (χ1n) is 9.35.